The van der Waals surface area contributed by atoms with Crippen LogP contribution in [0.15, 0.2) is 48.8 Å². The van der Waals surface area contributed by atoms with E-state index in [1.165, 1.54) is 12.1 Å². The number of amides is 1. The van der Waals surface area contributed by atoms with Gasteiger partial charge in [-0.15, -0.1) is 0 Å². The van der Waals surface area contributed by atoms with Crippen LogP contribution >= 0.6 is 0 Å². The summed E-state index contributed by atoms with van der Waals surface area (Å²) in [6.07, 6.45) is 6.12. The molecule has 2 aromatic heterocycles. The molecule has 2 N–H and O–H groups in total. The molecule has 1 aliphatic heterocycles. The van der Waals surface area contributed by atoms with Gasteiger partial charge >= 0.3 is 0 Å². The maximum atomic E-state index is 13.1. The van der Waals surface area contributed by atoms with Crippen LogP contribution in [0.1, 0.15) is 29.6 Å². The SMILES string of the molecule is O=C(NCCCN1CCC[C@@H](O)C1)c1ccc2nc(-c3ccc(F)cc3)cn2c1. The predicted octanol–water partition coefficient (Wildman–Crippen LogP) is 2.72. The Bertz CT molecular complexity index is 986. The zero-order chi connectivity index (χ0) is 20.2. The van der Waals surface area contributed by atoms with Gasteiger partial charge in [-0.3, -0.25) is 4.79 Å². The van der Waals surface area contributed by atoms with Crippen molar-refractivity contribution in [2.75, 3.05) is 26.2 Å². The van der Waals surface area contributed by atoms with Crippen molar-refractivity contribution in [3.63, 3.8) is 0 Å². The van der Waals surface area contributed by atoms with Crippen molar-refractivity contribution in [3.05, 3.63) is 60.2 Å². The number of nitrogens with zero attached hydrogens (tertiary/aromatic N) is 3. The van der Waals surface area contributed by atoms with Gasteiger partial charge in [0.1, 0.15) is 11.5 Å². The van der Waals surface area contributed by atoms with Gasteiger partial charge in [0, 0.05) is 31.0 Å². The summed E-state index contributed by atoms with van der Waals surface area (Å²) in [7, 11) is 0. The van der Waals surface area contributed by atoms with E-state index in [1.807, 2.05) is 10.6 Å². The molecular weight excluding hydrogens is 371 g/mol. The standard InChI is InChI=1S/C22H25FN4O2/c23-18-7-4-16(5-8-18)20-15-27-13-17(6-9-21(27)25-20)22(29)24-10-2-12-26-11-1-3-19(28)14-26/h4-9,13,15,19,28H,1-3,10-12,14H2,(H,24,29)/t19-/m1/s1. The van der Waals surface area contributed by atoms with E-state index in [0.717, 1.165) is 55.8 Å². The van der Waals surface area contributed by atoms with Crippen LogP contribution in [0.4, 0.5) is 4.39 Å². The third-order valence-electron chi connectivity index (χ3n) is 5.27. The minimum atomic E-state index is -0.284. The van der Waals surface area contributed by atoms with E-state index in [2.05, 4.69) is 15.2 Å². The second-order valence-electron chi connectivity index (χ2n) is 7.52. The lowest BCUT2D eigenvalue weighted by molar-refractivity contribution is 0.0697. The molecule has 3 heterocycles. The van der Waals surface area contributed by atoms with E-state index >= 15 is 0 Å². The van der Waals surface area contributed by atoms with Gasteiger partial charge in [0.25, 0.3) is 5.91 Å². The van der Waals surface area contributed by atoms with Gasteiger partial charge in [-0.05, 0) is 68.8 Å². The molecule has 0 unspecified atom stereocenters. The Labute approximate surface area is 169 Å². The molecule has 4 rings (SSSR count). The first-order valence-corrected chi connectivity index (χ1v) is 10.0. The summed E-state index contributed by atoms with van der Waals surface area (Å²) in [6, 6.07) is 9.74. The van der Waals surface area contributed by atoms with Gasteiger partial charge in [0.2, 0.25) is 0 Å². The van der Waals surface area contributed by atoms with Gasteiger partial charge in [-0.25, -0.2) is 9.37 Å². The molecule has 1 atom stereocenters. The Kier molecular flexibility index (Phi) is 5.87. The maximum Gasteiger partial charge on any atom is 0.252 e. The van der Waals surface area contributed by atoms with Crippen LogP contribution in [-0.4, -0.2) is 57.6 Å². The average Bonchev–Trinajstić information content (AvgIpc) is 3.15. The summed E-state index contributed by atoms with van der Waals surface area (Å²) in [6.45, 7) is 3.20. The van der Waals surface area contributed by atoms with Crippen molar-refractivity contribution in [2.24, 2.45) is 0 Å². The van der Waals surface area contributed by atoms with Crippen molar-refractivity contribution in [1.29, 1.82) is 0 Å². The molecule has 1 saturated heterocycles. The number of aliphatic hydroxyl groups excluding tert-OH is 1. The molecule has 152 valence electrons. The number of imidazole rings is 1. The number of pyridine rings is 1. The number of aromatic nitrogens is 2. The molecule has 0 radical (unpaired) electrons. The zero-order valence-electron chi connectivity index (χ0n) is 16.2. The Balaban J connectivity index is 1.34. The number of fused-ring (bicyclic) bond motifs is 1. The fourth-order valence-corrected chi connectivity index (χ4v) is 3.73. The summed E-state index contributed by atoms with van der Waals surface area (Å²) in [5.74, 6) is -0.407. The molecule has 0 bridgehead atoms. The van der Waals surface area contributed by atoms with Crippen LogP contribution in [0, 0.1) is 5.82 Å². The molecule has 0 aliphatic carbocycles. The second-order valence-corrected chi connectivity index (χ2v) is 7.52. The molecular formula is C22H25FN4O2. The van der Waals surface area contributed by atoms with Crippen LogP contribution in [0.25, 0.3) is 16.9 Å². The van der Waals surface area contributed by atoms with Crippen molar-refractivity contribution in [1.82, 2.24) is 19.6 Å². The van der Waals surface area contributed by atoms with E-state index in [1.54, 1.807) is 30.5 Å². The summed E-state index contributed by atoms with van der Waals surface area (Å²) < 4.78 is 14.9. The molecule has 6 nitrogen and oxygen atoms in total. The third-order valence-corrected chi connectivity index (χ3v) is 5.27. The monoisotopic (exact) mass is 396 g/mol. The number of carbonyl (C=O) groups excluding carboxylic acids is 1. The lowest BCUT2D eigenvalue weighted by Crippen LogP contribution is -2.39. The number of hydrogen-bond donors (Lipinski definition) is 2. The maximum absolute atomic E-state index is 13.1. The van der Waals surface area contributed by atoms with Crippen LogP contribution in [0.5, 0.6) is 0 Å². The fraction of sp³-hybridized carbons (Fsp3) is 0.364. The highest BCUT2D eigenvalue weighted by Gasteiger charge is 2.17. The number of benzene rings is 1. The third kappa shape index (κ3) is 4.81. The molecule has 1 fully saturated rings. The first kappa shape index (κ1) is 19.5. The number of rotatable bonds is 6. The van der Waals surface area contributed by atoms with Crippen molar-refractivity contribution < 1.29 is 14.3 Å². The fourth-order valence-electron chi connectivity index (χ4n) is 3.73. The summed E-state index contributed by atoms with van der Waals surface area (Å²) in [5, 5.41) is 12.7. The number of halogens is 1. The molecule has 1 aromatic carbocycles. The van der Waals surface area contributed by atoms with E-state index < -0.39 is 0 Å². The highest BCUT2D eigenvalue weighted by Crippen LogP contribution is 2.20. The Morgan fingerprint density at radius 1 is 1.21 bits per heavy atom. The van der Waals surface area contributed by atoms with Gasteiger partial charge in [-0.2, -0.15) is 0 Å². The molecule has 7 heteroatoms. The summed E-state index contributed by atoms with van der Waals surface area (Å²) in [5.41, 5.74) is 2.84. The first-order valence-electron chi connectivity index (χ1n) is 10.0. The van der Waals surface area contributed by atoms with E-state index in [9.17, 15) is 14.3 Å². The molecule has 0 saturated carbocycles. The number of β-amino-alcohol motifs (C(OH)–C–C–N with tert-alkyl or cyclic N) is 1. The molecule has 1 aliphatic rings. The molecule has 29 heavy (non-hydrogen) atoms. The number of hydrogen-bond acceptors (Lipinski definition) is 4. The van der Waals surface area contributed by atoms with E-state index in [-0.39, 0.29) is 17.8 Å². The summed E-state index contributed by atoms with van der Waals surface area (Å²) in [4.78, 5) is 19.2. The Hall–Kier alpha value is -2.77. The number of piperidine rings is 1. The van der Waals surface area contributed by atoms with Crippen LogP contribution in [0.2, 0.25) is 0 Å². The minimum absolute atomic E-state index is 0.123. The number of aliphatic hydroxyl groups is 1. The first-order chi connectivity index (χ1) is 14.1. The average molecular weight is 396 g/mol. The topological polar surface area (TPSA) is 69.9 Å². The lowest BCUT2D eigenvalue weighted by Gasteiger charge is -2.29. The second kappa shape index (κ2) is 8.71. The predicted molar refractivity (Wildman–Crippen MR) is 109 cm³/mol. The highest BCUT2D eigenvalue weighted by atomic mass is 19.1. The summed E-state index contributed by atoms with van der Waals surface area (Å²) >= 11 is 0. The number of carbonyl (C=O) groups is 1. The highest BCUT2D eigenvalue weighted by molar-refractivity contribution is 5.94. The van der Waals surface area contributed by atoms with Crippen molar-refractivity contribution >= 4 is 11.6 Å². The Morgan fingerprint density at radius 2 is 2.03 bits per heavy atom. The van der Waals surface area contributed by atoms with Crippen LogP contribution in [0.3, 0.4) is 0 Å². The molecule has 1 amide bonds. The van der Waals surface area contributed by atoms with E-state index in [0.29, 0.717) is 12.1 Å². The Morgan fingerprint density at radius 3 is 2.83 bits per heavy atom. The van der Waals surface area contributed by atoms with Gasteiger partial charge in [-0.1, -0.05) is 0 Å². The van der Waals surface area contributed by atoms with Crippen molar-refractivity contribution in [2.45, 2.75) is 25.4 Å². The van der Waals surface area contributed by atoms with Crippen molar-refractivity contribution in [3.8, 4) is 11.3 Å². The largest absolute Gasteiger partial charge is 0.392 e. The van der Waals surface area contributed by atoms with Gasteiger partial charge in [0.15, 0.2) is 0 Å². The molecule has 3 aromatic rings. The van der Waals surface area contributed by atoms with E-state index in [4.69, 9.17) is 0 Å². The molecule has 0 spiro atoms. The number of likely N-dealkylation sites (tertiary alicyclic amines) is 1. The lowest BCUT2D eigenvalue weighted by atomic mass is 10.1. The smallest absolute Gasteiger partial charge is 0.252 e. The minimum Gasteiger partial charge on any atom is -0.392 e. The van der Waals surface area contributed by atoms with Gasteiger partial charge in [0.05, 0.1) is 17.4 Å². The van der Waals surface area contributed by atoms with Gasteiger partial charge < -0.3 is 19.7 Å². The normalized spacial score (nSPS) is 17.5. The van der Waals surface area contributed by atoms with Crippen LogP contribution < -0.4 is 5.32 Å². The zero-order valence-corrected chi connectivity index (χ0v) is 16.2. The van der Waals surface area contributed by atoms with Crippen LogP contribution in [-0.2, 0) is 0 Å². The number of nitrogens with one attached hydrogen (secondary N) is 1. The quantitative estimate of drug-likeness (QED) is 0.629.